The molecule has 0 bridgehead atoms. The summed E-state index contributed by atoms with van der Waals surface area (Å²) < 4.78 is 13.5. The highest BCUT2D eigenvalue weighted by Crippen LogP contribution is 2.37. The molecular formula is C18H21FN2O3. The summed E-state index contributed by atoms with van der Waals surface area (Å²) in [6, 6.07) is 4.75. The number of fused-ring (bicyclic) bond motifs is 1. The molecule has 3 rings (SSSR count). The summed E-state index contributed by atoms with van der Waals surface area (Å²) in [4.78, 5) is 37.8. The predicted molar refractivity (Wildman–Crippen MR) is 85.2 cm³/mol. The van der Waals surface area contributed by atoms with Gasteiger partial charge in [0.15, 0.2) is 0 Å². The molecule has 1 aromatic carbocycles. The molecule has 0 unspecified atom stereocenters. The molecule has 2 fully saturated rings. The third kappa shape index (κ3) is 3.18. The van der Waals surface area contributed by atoms with Crippen molar-refractivity contribution in [2.24, 2.45) is 11.8 Å². The predicted octanol–water partition coefficient (Wildman–Crippen LogP) is 1.93. The molecule has 2 aliphatic rings. The zero-order valence-corrected chi connectivity index (χ0v) is 13.7. The van der Waals surface area contributed by atoms with E-state index < -0.39 is 5.91 Å². The number of halogens is 1. The molecule has 5 nitrogen and oxygen atoms in total. The highest BCUT2D eigenvalue weighted by Gasteiger charge is 2.48. The van der Waals surface area contributed by atoms with E-state index in [1.54, 1.807) is 19.1 Å². The molecule has 1 aliphatic carbocycles. The van der Waals surface area contributed by atoms with Crippen LogP contribution in [-0.2, 0) is 20.9 Å². The standard InChI is InChI=1S/C18H21FN2O3/c1-11-6-7-12(8-15(11)19)9-20-16(22)10-21-17(23)13-4-2-3-5-14(13)18(21)24/h6-8,13-14H,2-5,9-10H2,1H3,(H,20,22)/t13-,14-/m1/s1. The van der Waals surface area contributed by atoms with E-state index in [4.69, 9.17) is 0 Å². The lowest BCUT2D eigenvalue weighted by Crippen LogP contribution is -2.40. The van der Waals surface area contributed by atoms with Crippen LogP contribution in [0.1, 0.15) is 36.8 Å². The lowest BCUT2D eigenvalue weighted by molar-refractivity contribution is -0.143. The fraction of sp³-hybridized carbons (Fsp3) is 0.500. The molecule has 1 aromatic rings. The summed E-state index contributed by atoms with van der Waals surface area (Å²) in [5, 5.41) is 2.64. The zero-order valence-electron chi connectivity index (χ0n) is 13.7. The van der Waals surface area contributed by atoms with Crippen molar-refractivity contribution in [2.75, 3.05) is 6.54 Å². The number of amides is 3. The van der Waals surface area contributed by atoms with Crippen molar-refractivity contribution >= 4 is 17.7 Å². The Labute approximate surface area is 140 Å². The molecule has 0 radical (unpaired) electrons. The van der Waals surface area contributed by atoms with Crippen molar-refractivity contribution in [2.45, 2.75) is 39.2 Å². The minimum Gasteiger partial charge on any atom is -0.350 e. The first-order chi connectivity index (χ1) is 11.5. The van der Waals surface area contributed by atoms with Crippen LogP contribution in [0.2, 0.25) is 0 Å². The van der Waals surface area contributed by atoms with Crippen molar-refractivity contribution < 1.29 is 18.8 Å². The highest BCUT2D eigenvalue weighted by atomic mass is 19.1. The smallest absolute Gasteiger partial charge is 0.240 e. The second-order valence-corrected chi connectivity index (χ2v) is 6.62. The number of rotatable bonds is 4. The van der Waals surface area contributed by atoms with Gasteiger partial charge in [0.25, 0.3) is 0 Å². The Morgan fingerprint density at radius 3 is 2.42 bits per heavy atom. The van der Waals surface area contributed by atoms with E-state index in [2.05, 4.69) is 5.32 Å². The Morgan fingerprint density at radius 1 is 1.21 bits per heavy atom. The van der Waals surface area contributed by atoms with Crippen molar-refractivity contribution in [3.8, 4) is 0 Å². The van der Waals surface area contributed by atoms with Gasteiger partial charge >= 0.3 is 0 Å². The molecule has 1 aliphatic heterocycles. The van der Waals surface area contributed by atoms with Gasteiger partial charge in [0, 0.05) is 6.54 Å². The minimum atomic E-state index is -0.406. The number of hydrogen-bond acceptors (Lipinski definition) is 3. The first kappa shape index (κ1) is 16.6. The molecule has 0 aromatic heterocycles. The monoisotopic (exact) mass is 332 g/mol. The van der Waals surface area contributed by atoms with E-state index >= 15 is 0 Å². The average molecular weight is 332 g/mol. The third-order valence-corrected chi connectivity index (χ3v) is 4.96. The molecule has 0 spiro atoms. The number of likely N-dealkylation sites (tertiary alicyclic amines) is 1. The van der Waals surface area contributed by atoms with E-state index in [-0.39, 0.29) is 42.6 Å². The van der Waals surface area contributed by atoms with E-state index in [0.717, 1.165) is 30.6 Å². The van der Waals surface area contributed by atoms with Gasteiger partial charge in [0.1, 0.15) is 12.4 Å². The van der Waals surface area contributed by atoms with Crippen LogP contribution in [0, 0.1) is 24.6 Å². The summed E-state index contributed by atoms with van der Waals surface area (Å²) in [6.45, 7) is 1.58. The van der Waals surface area contributed by atoms with Gasteiger partial charge in [0.05, 0.1) is 11.8 Å². The van der Waals surface area contributed by atoms with Crippen molar-refractivity contribution in [1.29, 1.82) is 0 Å². The Morgan fingerprint density at radius 2 is 1.83 bits per heavy atom. The van der Waals surface area contributed by atoms with Crippen LogP contribution in [0.15, 0.2) is 18.2 Å². The number of hydrogen-bond donors (Lipinski definition) is 1. The fourth-order valence-corrected chi connectivity index (χ4v) is 3.53. The normalized spacial score (nSPS) is 23.3. The summed E-state index contributed by atoms with van der Waals surface area (Å²) in [5.41, 5.74) is 1.18. The Kier molecular flexibility index (Phi) is 4.64. The molecule has 1 N–H and O–H groups in total. The van der Waals surface area contributed by atoms with Gasteiger partial charge in [-0.1, -0.05) is 25.0 Å². The Hall–Kier alpha value is -2.24. The number of nitrogens with one attached hydrogen (secondary N) is 1. The second kappa shape index (κ2) is 6.71. The fourth-order valence-electron chi connectivity index (χ4n) is 3.53. The van der Waals surface area contributed by atoms with E-state index in [1.165, 1.54) is 6.07 Å². The van der Waals surface area contributed by atoms with Crippen molar-refractivity contribution in [3.63, 3.8) is 0 Å². The zero-order chi connectivity index (χ0) is 17.3. The maximum atomic E-state index is 13.5. The molecule has 2 atom stereocenters. The second-order valence-electron chi connectivity index (χ2n) is 6.62. The van der Waals surface area contributed by atoms with Crippen LogP contribution in [0.5, 0.6) is 0 Å². The van der Waals surface area contributed by atoms with Gasteiger partial charge in [-0.3, -0.25) is 19.3 Å². The third-order valence-electron chi connectivity index (χ3n) is 4.96. The quantitative estimate of drug-likeness (QED) is 0.857. The highest BCUT2D eigenvalue weighted by molar-refractivity contribution is 6.07. The van der Waals surface area contributed by atoms with Crippen LogP contribution >= 0.6 is 0 Å². The molecular weight excluding hydrogens is 311 g/mol. The molecule has 128 valence electrons. The van der Waals surface area contributed by atoms with Gasteiger partial charge in [-0.05, 0) is 37.0 Å². The van der Waals surface area contributed by atoms with Gasteiger partial charge in [-0.2, -0.15) is 0 Å². The number of carbonyl (C=O) groups excluding carboxylic acids is 3. The van der Waals surface area contributed by atoms with Crippen LogP contribution < -0.4 is 5.32 Å². The van der Waals surface area contributed by atoms with E-state index in [0.29, 0.717) is 11.1 Å². The lowest BCUT2D eigenvalue weighted by Gasteiger charge is -2.19. The Balaban J connectivity index is 1.57. The van der Waals surface area contributed by atoms with Crippen LogP contribution in [0.4, 0.5) is 4.39 Å². The van der Waals surface area contributed by atoms with Gasteiger partial charge in [-0.25, -0.2) is 4.39 Å². The topological polar surface area (TPSA) is 66.5 Å². The van der Waals surface area contributed by atoms with Gasteiger partial charge in [-0.15, -0.1) is 0 Å². The number of imide groups is 1. The number of aryl methyl sites for hydroxylation is 1. The maximum absolute atomic E-state index is 13.5. The van der Waals surface area contributed by atoms with E-state index in [9.17, 15) is 18.8 Å². The summed E-state index contributed by atoms with van der Waals surface area (Å²) in [6.07, 6.45) is 3.38. The van der Waals surface area contributed by atoms with Crippen molar-refractivity contribution in [3.05, 3.63) is 35.1 Å². The molecule has 6 heteroatoms. The SMILES string of the molecule is Cc1ccc(CNC(=O)CN2C(=O)[C@@H]3CCCC[C@H]3C2=O)cc1F. The Bertz CT molecular complexity index is 665. The number of benzene rings is 1. The lowest BCUT2D eigenvalue weighted by atomic mass is 9.81. The number of carbonyl (C=O) groups is 3. The molecule has 24 heavy (non-hydrogen) atoms. The summed E-state index contributed by atoms with van der Waals surface area (Å²) >= 11 is 0. The van der Waals surface area contributed by atoms with Crippen LogP contribution in [0.25, 0.3) is 0 Å². The van der Waals surface area contributed by atoms with Gasteiger partial charge < -0.3 is 5.32 Å². The average Bonchev–Trinajstić information content (AvgIpc) is 2.81. The molecule has 3 amide bonds. The van der Waals surface area contributed by atoms with E-state index in [1.807, 2.05) is 0 Å². The van der Waals surface area contributed by atoms with Gasteiger partial charge in [0.2, 0.25) is 17.7 Å². The summed E-state index contributed by atoms with van der Waals surface area (Å²) in [5.74, 6) is -1.66. The summed E-state index contributed by atoms with van der Waals surface area (Å²) in [7, 11) is 0. The first-order valence-corrected chi connectivity index (χ1v) is 8.34. The first-order valence-electron chi connectivity index (χ1n) is 8.34. The van der Waals surface area contributed by atoms with Crippen molar-refractivity contribution in [1.82, 2.24) is 10.2 Å². The molecule has 1 saturated heterocycles. The van der Waals surface area contributed by atoms with Crippen LogP contribution in [-0.4, -0.2) is 29.2 Å². The number of nitrogens with zero attached hydrogens (tertiary/aromatic N) is 1. The largest absolute Gasteiger partial charge is 0.350 e. The molecule has 1 heterocycles. The molecule has 1 saturated carbocycles. The minimum absolute atomic E-state index is 0.166. The maximum Gasteiger partial charge on any atom is 0.240 e. The van der Waals surface area contributed by atoms with Crippen LogP contribution in [0.3, 0.4) is 0 Å².